The van der Waals surface area contributed by atoms with E-state index in [-0.39, 0.29) is 17.2 Å². The normalized spacial score (nSPS) is 18.1. The Bertz CT molecular complexity index is 559. The van der Waals surface area contributed by atoms with Gasteiger partial charge in [0.2, 0.25) is 0 Å². The van der Waals surface area contributed by atoms with Crippen molar-refractivity contribution in [2.45, 2.75) is 12.5 Å². The van der Waals surface area contributed by atoms with Crippen LogP contribution in [-0.4, -0.2) is 60.9 Å². The van der Waals surface area contributed by atoms with Gasteiger partial charge in [0.1, 0.15) is 11.3 Å². The molecule has 1 N–H and O–H groups in total. The van der Waals surface area contributed by atoms with Gasteiger partial charge in [0, 0.05) is 26.2 Å². The number of rotatable bonds is 4. The zero-order valence-electron chi connectivity index (χ0n) is 12.5. The fraction of sp³-hybridized carbons (Fsp3) is 0.500. The zero-order chi connectivity index (χ0) is 15.6. The molecule has 1 saturated heterocycles. The van der Waals surface area contributed by atoms with Crippen LogP contribution in [0.25, 0.3) is 0 Å². The Morgan fingerprint density at radius 1 is 1.48 bits per heavy atom. The highest BCUT2D eigenvalue weighted by Gasteiger charge is 2.32. The van der Waals surface area contributed by atoms with Crippen LogP contribution < -0.4 is 5.32 Å². The van der Waals surface area contributed by atoms with E-state index < -0.39 is 4.92 Å². The number of benzene rings is 1. The summed E-state index contributed by atoms with van der Waals surface area (Å²) in [5.41, 5.74) is 0.346. The van der Waals surface area contributed by atoms with Gasteiger partial charge in [-0.25, -0.2) is 0 Å². The molecule has 1 amide bonds. The summed E-state index contributed by atoms with van der Waals surface area (Å²) in [7, 11) is 5.56. The van der Waals surface area contributed by atoms with E-state index in [2.05, 4.69) is 10.2 Å². The Morgan fingerprint density at radius 2 is 2.19 bits per heavy atom. The summed E-state index contributed by atoms with van der Waals surface area (Å²) >= 11 is 0. The minimum atomic E-state index is -0.501. The quantitative estimate of drug-likeness (QED) is 0.670. The van der Waals surface area contributed by atoms with Gasteiger partial charge < -0.3 is 15.1 Å². The van der Waals surface area contributed by atoms with Crippen molar-refractivity contribution in [1.82, 2.24) is 9.80 Å². The third kappa shape index (κ3) is 2.97. The first-order valence-electron chi connectivity index (χ1n) is 6.86. The molecule has 1 fully saturated rings. The summed E-state index contributed by atoms with van der Waals surface area (Å²) < 4.78 is 0. The van der Waals surface area contributed by atoms with Gasteiger partial charge in [0.15, 0.2) is 0 Å². The molecule has 0 aliphatic carbocycles. The average molecular weight is 292 g/mol. The van der Waals surface area contributed by atoms with Crippen molar-refractivity contribution < 1.29 is 9.72 Å². The largest absolute Gasteiger partial charge is 0.383 e. The summed E-state index contributed by atoms with van der Waals surface area (Å²) in [6.07, 6.45) is 0.887. The maximum absolute atomic E-state index is 12.6. The van der Waals surface area contributed by atoms with Crippen LogP contribution in [0.4, 0.5) is 11.4 Å². The fourth-order valence-corrected chi connectivity index (χ4v) is 2.63. The number of amides is 1. The topological polar surface area (TPSA) is 78.7 Å². The van der Waals surface area contributed by atoms with Gasteiger partial charge >= 0.3 is 5.69 Å². The van der Waals surface area contributed by atoms with E-state index in [9.17, 15) is 14.9 Å². The van der Waals surface area contributed by atoms with Crippen LogP contribution in [0.1, 0.15) is 16.8 Å². The second kappa shape index (κ2) is 6.09. The lowest BCUT2D eigenvalue weighted by atomic mass is 10.1. The molecule has 0 spiro atoms. The lowest BCUT2D eigenvalue weighted by Crippen LogP contribution is -2.34. The van der Waals surface area contributed by atoms with Gasteiger partial charge in [0.25, 0.3) is 5.91 Å². The van der Waals surface area contributed by atoms with Crippen LogP contribution in [-0.2, 0) is 0 Å². The predicted molar refractivity (Wildman–Crippen MR) is 80.6 cm³/mol. The number of anilines is 1. The molecular formula is C14H20N4O3. The van der Waals surface area contributed by atoms with Crippen LogP contribution >= 0.6 is 0 Å². The van der Waals surface area contributed by atoms with Crippen molar-refractivity contribution in [2.24, 2.45) is 0 Å². The summed E-state index contributed by atoms with van der Waals surface area (Å²) in [5.74, 6) is -0.275. The highest BCUT2D eigenvalue weighted by molar-refractivity contribution is 6.00. The molecule has 1 atom stereocenters. The minimum absolute atomic E-state index is 0.145. The number of nitrogens with zero attached hydrogens (tertiary/aromatic N) is 3. The molecular weight excluding hydrogens is 272 g/mol. The van der Waals surface area contributed by atoms with Crippen LogP contribution in [0, 0.1) is 10.1 Å². The van der Waals surface area contributed by atoms with Crippen LogP contribution in [0.5, 0.6) is 0 Å². The lowest BCUT2D eigenvalue weighted by Gasteiger charge is -2.20. The molecule has 7 heteroatoms. The Morgan fingerprint density at radius 3 is 2.71 bits per heavy atom. The molecule has 1 unspecified atom stereocenters. The molecule has 0 aromatic heterocycles. The Balaban J connectivity index is 2.30. The van der Waals surface area contributed by atoms with Gasteiger partial charge in [0.05, 0.1) is 4.92 Å². The van der Waals surface area contributed by atoms with Crippen molar-refractivity contribution >= 4 is 17.3 Å². The van der Waals surface area contributed by atoms with Gasteiger partial charge in [-0.3, -0.25) is 14.9 Å². The molecule has 7 nitrogen and oxygen atoms in total. The zero-order valence-corrected chi connectivity index (χ0v) is 12.5. The highest BCUT2D eigenvalue weighted by Crippen LogP contribution is 2.30. The third-order valence-electron chi connectivity index (χ3n) is 3.90. The van der Waals surface area contributed by atoms with Crippen molar-refractivity contribution in [3.8, 4) is 0 Å². The van der Waals surface area contributed by atoms with Crippen molar-refractivity contribution in [3.63, 3.8) is 0 Å². The standard InChI is InChI=1S/C14H20N4O3/c1-15-12-6-4-5-11(13(12)18(20)21)14(19)17-8-7-10(9-17)16(2)3/h4-6,10,15H,7-9H2,1-3H3. The molecule has 21 heavy (non-hydrogen) atoms. The number of hydrogen-bond donors (Lipinski definition) is 1. The summed E-state index contributed by atoms with van der Waals surface area (Å²) in [6, 6.07) is 5.08. The molecule has 0 bridgehead atoms. The summed E-state index contributed by atoms with van der Waals surface area (Å²) in [5, 5.41) is 14.0. The molecule has 1 aliphatic heterocycles. The van der Waals surface area contributed by atoms with Gasteiger partial charge in [-0.1, -0.05) is 6.07 Å². The monoisotopic (exact) mass is 292 g/mol. The average Bonchev–Trinajstić information content (AvgIpc) is 2.95. The maximum Gasteiger partial charge on any atom is 0.305 e. The number of likely N-dealkylation sites (tertiary alicyclic amines) is 1. The summed E-state index contributed by atoms with van der Waals surface area (Å²) in [4.78, 5) is 27.1. The van der Waals surface area contributed by atoms with Crippen molar-refractivity contribution in [2.75, 3.05) is 39.5 Å². The molecule has 114 valence electrons. The van der Waals surface area contributed by atoms with Crippen molar-refractivity contribution in [1.29, 1.82) is 0 Å². The lowest BCUT2D eigenvalue weighted by molar-refractivity contribution is -0.384. The molecule has 0 saturated carbocycles. The van der Waals surface area contributed by atoms with Gasteiger partial charge in [-0.05, 0) is 32.6 Å². The van der Waals surface area contributed by atoms with E-state index in [1.165, 1.54) is 6.07 Å². The Kier molecular flexibility index (Phi) is 4.42. The molecule has 1 aromatic rings. The van der Waals surface area contributed by atoms with Gasteiger partial charge in [-0.2, -0.15) is 0 Å². The van der Waals surface area contributed by atoms with Gasteiger partial charge in [-0.15, -0.1) is 0 Å². The number of nitro benzene ring substituents is 1. The van der Waals surface area contributed by atoms with E-state index >= 15 is 0 Å². The van der Waals surface area contributed by atoms with Crippen LogP contribution in [0.2, 0.25) is 0 Å². The number of carbonyl (C=O) groups is 1. The van der Waals surface area contributed by atoms with E-state index in [0.717, 1.165) is 6.42 Å². The second-order valence-corrected chi connectivity index (χ2v) is 5.37. The smallest absolute Gasteiger partial charge is 0.305 e. The SMILES string of the molecule is CNc1cccc(C(=O)N2CCC(N(C)C)C2)c1[N+](=O)[O-]. The Hall–Kier alpha value is -2.15. The van der Waals surface area contributed by atoms with Crippen molar-refractivity contribution in [3.05, 3.63) is 33.9 Å². The van der Waals surface area contributed by atoms with E-state index in [4.69, 9.17) is 0 Å². The van der Waals surface area contributed by atoms with Crippen LogP contribution in [0.15, 0.2) is 18.2 Å². The minimum Gasteiger partial charge on any atom is -0.383 e. The van der Waals surface area contributed by atoms with E-state index in [1.807, 2.05) is 14.1 Å². The first-order valence-corrected chi connectivity index (χ1v) is 6.86. The Labute approximate surface area is 123 Å². The molecule has 1 aliphatic rings. The highest BCUT2D eigenvalue weighted by atomic mass is 16.6. The summed E-state index contributed by atoms with van der Waals surface area (Å²) in [6.45, 7) is 1.23. The fourth-order valence-electron chi connectivity index (χ4n) is 2.63. The first kappa shape index (κ1) is 15.2. The first-order chi connectivity index (χ1) is 9.95. The third-order valence-corrected chi connectivity index (χ3v) is 3.90. The predicted octanol–water partition coefficient (Wildman–Crippen LogP) is 1.41. The maximum atomic E-state index is 12.6. The molecule has 0 radical (unpaired) electrons. The number of carbonyl (C=O) groups excluding carboxylic acids is 1. The number of nitrogens with one attached hydrogen (secondary N) is 1. The van der Waals surface area contributed by atoms with E-state index in [0.29, 0.717) is 24.8 Å². The van der Waals surface area contributed by atoms with Crippen LogP contribution in [0.3, 0.4) is 0 Å². The second-order valence-electron chi connectivity index (χ2n) is 5.37. The molecule has 2 rings (SSSR count). The molecule has 1 heterocycles. The van der Waals surface area contributed by atoms with E-state index in [1.54, 1.807) is 24.1 Å². The number of nitro groups is 1. The number of likely N-dealkylation sites (N-methyl/N-ethyl adjacent to an activating group) is 1. The number of para-hydroxylation sites is 1. The number of hydrogen-bond acceptors (Lipinski definition) is 5. The molecule has 1 aromatic carbocycles.